The minimum absolute atomic E-state index is 0.760. The second kappa shape index (κ2) is 4.55. The summed E-state index contributed by atoms with van der Waals surface area (Å²) in [4.78, 5) is 4.25. The normalized spacial score (nSPS) is 10.5. The lowest BCUT2D eigenvalue weighted by molar-refractivity contribution is 0.784. The van der Waals surface area contributed by atoms with Gasteiger partial charge in [-0.25, -0.2) is 4.68 Å². The van der Waals surface area contributed by atoms with Crippen molar-refractivity contribution in [3.05, 3.63) is 40.9 Å². The van der Waals surface area contributed by atoms with Gasteiger partial charge in [0.1, 0.15) is 0 Å². The van der Waals surface area contributed by atoms with Crippen molar-refractivity contribution in [2.24, 2.45) is 0 Å². The fraction of sp³-hybridized carbons (Fsp3) is 0.200. The van der Waals surface area contributed by atoms with Gasteiger partial charge in [0, 0.05) is 18.9 Å². The topological polar surface area (TPSA) is 42.7 Å². The van der Waals surface area contributed by atoms with E-state index in [0.29, 0.717) is 0 Å². The molecule has 5 heteroatoms. The Morgan fingerprint density at radius 3 is 3.07 bits per heavy atom. The molecule has 0 spiro atoms. The summed E-state index contributed by atoms with van der Waals surface area (Å²) in [6.45, 7) is 0.760. The molecule has 1 N–H and O–H groups in total. The van der Waals surface area contributed by atoms with E-state index in [0.717, 1.165) is 22.4 Å². The molecule has 0 aromatic carbocycles. The molecule has 0 aliphatic carbocycles. The lowest BCUT2D eigenvalue weighted by Crippen LogP contribution is -2.07. The second-order valence-electron chi connectivity index (χ2n) is 3.14. The monoisotopic (exact) mass is 266 g/mol. The van der Waals surface area contributed by atoms with Gasteiger partial charge in [0.25, 0.3) is 0 Å². The number of halogens is 1. The van der Waals surface area contributed by atoms with Gasteiger partial charge < -0.3 is 5.32 Å². The highest BCUT2D eigenvalue weighted by atomic mass is 79.9. The highest BCUT2D eigenvalue weighted by Crippen LogP contribution is 2.12. The predicted octanol–water partition coefficient (Wildman–Crippen LogP) is 1.75. The zero-order valence-corrected chi connectivity index (χ0v) is 9.90. The molecule has 0 saturated carbocycles. The fourth-order valence-corrected chi connectivity index (χ4v) is 1.61. The summed E-state index contributed by atoms with van der Waals surface area (Å²) in [6, 6.07) is 3.94. The first-order valence-electron chi connectivity index (χ1n) is 4.59. The smallest absolute Gasteiger partial charge is 0.0679 e. The summed E-state index contributed by atoms with van der Waals surface area (Å²) in [5.41, 5.74) is 2.02. The van der Waals surface area contributed by atoms with Crippen molar-refractivity contribution in [1.29, 1.82) is 0 Å². The summed E-state index contributed by atoms with van der Waals surface area (Å²) < 4.78 is 2.78. The Kier molecular flexibility index (Phi) is 3.13. The number of rotatable bonds is 3. The number of aromatic nitrogens is 3. The first-order valence-corrected chi connectivity index (χ1v) is 5.39. The molecule has 0 atom stereocenters. The van der Waals surface area contributed by atoms with Gasteiger partial charge in [-0.15, -0.1) is 0 Å². The standard InChI is InChI=1S/C10H11BrN4/c1-12-6-9-4-10(2-3-13-9)15-7-8(11)5-14-15/h2-5,7,12H,6H2,1H3. The number of nitrogens with one attached hydrogen (secondary N) is 1. The van der Waals surface area contributed by atoms with Crippen LogP contribution >= 0.6 is 15.9 Å². The molecule has 2 rings (SSSR count). The molecule has 0 radical (unpaired) electrons. The van der Waals surface area contributed by atoms with Crippen LogP contribution in [-0.4, -0.2) is 21.8 Å². The Balaban J connectivity index is 2.32. The van der Waals surface area contributed by atoms with E-state index >= 15 is 0 Å². The van der Waals surface area contributed by atoms with E-state index in [2.05, 4.69) is 31.3 Å². The van der Waals surface area contributed by atoms with Crippen LogP contribution in [0.15, 0.2) is 35.2 Å². The number of hydrogen-bond donors (Lipinski definition) is 1. The van der Waals surface area contributed by atoms with Gasteiger partial charge in [-0.3, -0.25) is 4.98 Å². The van der Waals surface area contributed by atoms with E-state index in [1.807, 2.05) is 30.1 Å². The van der Waals surface area contributed by atoms with Crippen molar-refractivity contribution >= 4 is 15.9 Å². The molecule has 0 saturated heterocycles. The van der Waals surface area contributed by atoms with Crippen LogP contribution in [-0.2, 0) is 6.54 Å². The van der Waals surface area contributed by atoms with Gasteiger partial charge in [-0.05, 0) is 35.1 Å². The van der Waals surface area contributed by atoms with Crippen LogP contribution in [0.2, 0.25) is 0 Å². The number of nitrogens with zero attached hydrogens (tertiary/aromatic N) is 3. The quantitative estimate of drug-likeness (QED) is 0.921. The van der Waals surface area contributed by atoms with Gasteiger partial charge in [-0.1, -0.05) is 0 Å². The number of pyridine rings is 1. The maximum absolute atomic E-state index is 4.25. The highest BCUT2D eigenvalue weighted by molar-refractivity contribution is 9.10. The fourth-order valence-electron chi connectivity index (χ4n) is 1.33. The van der Waals surface area contributed by atoms with E-state index in [4.69, 9.17) is 0 Å². The van der Waals surface area contributed by atoms with Gasteiger partial charge in [-0.2, -0.15) is 5.10 Å². The van der Waals surface area contributed by atoms with Crippen LogP contribution in [0.3, 0.4) is 0 Å². The average Bonchev–Trinajstić information content (AvgIpc) is 2.66. The molecule has 0 unspecified atom stereocenters. The van der Waals surface area contributed by atoms with Gasteiger partial charge >= 0.3 is 0 Å². The molecule has 0 amide bonds. The van der Waals surface area contributed by atoms with Crippen LogP contribution in [0.25, 0.3) is 5.69 Å². The van der Waals surface area contributed by atoms with E-state index in [9.17, 15) is 0 Å². The molecule has 15 heavy (non-hydrogen) atoms. The predicted molar refractivity (Wildman–Crippen MR) is 61.8 cm³/mol. The Morgan fingerprint density at radius 2 is 2.40 bits per heavy atom. The average molecular weight is 267 g/mol. The largest absolute Gasteiger partial charge is 0.314 e. The van der Waals surface area contributed by atoms with Gasteiger partial charge in [0.2, 0.25) is 0 Å². The third-order valence-corrected chi connectivity index (χ3v) is 2.38. The molecular weight excluding hydrogens is 256 g/mol. The summed E-state index contributed by atoms with van der Waals surface area (Å²) in [6.07, 6.45) is 5.47. The third-order valence-electron chi connectivity index (χ3n) is 1.97. The molecule has 2 aromatic rings. The SMILES string of the molecule is CNCc1cc(-n2cc(Br)cn2)ccn1. The minimum atomic E-state index is 0.760. The molecule has 2 aromatic heterocycles. The summed E-state index contributed by atoms with van der Waals surface area (Å²) in [5, 5.41) is 7.28. The molecule has 0 aliphatic rings. The second-order valence-corrected chi connectivity index (χ2v) is 4.05. The van der Waals surface area contributed by atoms with Crippen LogP contribution in [0, 0.1) is 0 Å². The molecule has 4 nitrogen and oxygen atoms in total. The highest BCUT2D eigenvalue weighted by Gasteiger charge is 2.00. The Labute approximate surface area is 96.5 Å². The molecular formula is C10H11BrN4. The van der Waals surface area contributed by atoms with Crippen LogP contribution in [0.5, 0.6) is 0 Å². The Bertz CT molecular complexity index is 452. The van der Waals surface area contributed by atoms with Crippen molar-refractivity contribution in [3.63, 3.8) is 0 Å². The third kappa shape index (κ3) is 2.43. The molecule has 0 aliphatic heterocycles. The van der Waals surface area contributed by atoms with E-state index < -0.39 is 0 Å². The lowest BCUT2D eigenvalue weighted by Gasteiger charge is -2.03. The first-order chi connectivity index (χ1) is 7.29. The van der Waals surface area contributed by atoms with Crippen LogP contribution in [0.1, 0.15) is 5.69 Å². The molecule has 0 bridgehead atoms. The van der Waals surface area contributed by atoms with Crippen molar-refractivity contribution in [2.45, 2.75) is 6.54 Å². The maximum Gasteiger partial charge on any atom is 0.0679 e. The van der Waals surface area contributed by atoms with E-state index in [1.165, 1.54) is 0 Å². The molecule has 0 fully saturated rings. The maximum atomic E-state index is 4.25. The lowest BCUT2D eigenvalue weighted by atomic mass is 10.3. The van der Waals surface area contributed by atoms with Crippen LogP contribution in [0.4, 0.5) is 0 Å². The first kappa shape index (κ1) is 10.3. The summed E-state index contributed by atoms with van der Waals surface area (Å²) >= 11 is 3.37. The number of hydrogen-bond acceptors (Lipinski definition) is 3. The minimum Gasteiger partial charge on any atom is -0.314 e. The molecule has 2 heterocycles. The molecule has 78 valence electrons. The van der Waals surface area contributed by atoms with Crippen LogP contribution < -0.4 is 5.32 Å². The zero-order chi connectivity index (χ0) is 10.7. The van der Waals surface area contributed by atoms with E-state index in [-0.39, 0.29) is 0 Å². The van der Waals surface area contributed by atoms with Crippen molar-refractivity contribution in [1.82, 2.24) is 20.1 Å². The Morgan fingerprint density at radius 1 is 1.53 bits per heavy atom. The van der Waals surface area contributed by atoms with E-state index in [1.54, 1.807) is 12.4 Å². The summed E-state index contributed by atoms with van der Waals surface area (Å²) in [5.74, 6) is 0. The Hall–Kier alpha value is -1.20. The van der Waals surface area contributed by atoms with Gasteiger partial charge in [0.05, 0.1) is 22.1 Å². The summed E-state index contributed by atoms with van der Waals surface area (Å²) in [7, 11) is 1.90. The van der Waals surface area contributed by atoms with Crippen molar-refractivity contribution < 1.29 is 0 Å². The van der Waals surface area contributed by atoms with Crippen molar-refractivity contribution in [2.75, 3.05) is 7.05 Å². The zero-order valence-electron chi connectivity index (χ0n) is 8.31. The van der Waals surface area contributed by atoms with Gasteiger partial charge in [0.15, 0.2) is 0 Å². The van der Waals surface area contributed by atoms with Crippen molar-refractivity contribution in [3.8, 4) is 5.69 Å².